The van der Waals surface area contributed by atoms with Crippen LogP contribution in [0.1, 0.15) is 24.0 Å². The quantitative estimate of drug-likeness (QED) is 0.0829. The molecule has 41 heavy (non-hydrogen) atoms. The minimum absolute atomic E-state index is 0.0602. The number of aromatic nitrogens is 3. The topological polar surface area (TPSA) is 120 Å². The molecule has 10 nitrogen and oxygen atoms in total. The van der Waals surface area contributed by atoms with Crippen LogP contribution in [0.25, 0.3) is 11.0 Å². The van der Waals surface area contributed by atoms with Gasteiger partial charge in [0, 0.05) is 37.6 Å². The number of nitro benzene ring substituents is 1. The SMILES string of the molecule is CN1C(=O)CCC1=O.COn1nnc2ccccc21.Cc1c(F)c(F)c(F)c(F)c1F.Cc1ccc([N+](=O)[O-])cc1. The number of halogens is 5. The first-order valence-electron chi connectivity index (χ1n) is 11.6. The summed E-state index contributed by atoms with van der Waals surface area (Å²) in [6.07, 6.45) is 0.796. The highest BCUT2D eigenvalue weighted by Crippen LogP contribution is 2.21. The highest BCUT2D eigenvalue weighted by atomic mass is 19.2. The lowest BCUT2D eigenvalue weighted by Gasteiger charge is -2.02. The van der Waals surface area contributed by atoms with Gasteiger partial charge in [-0.05, 0) is 31.2 Å². The Hall–Kier alpha value is -4.95. The number of likely N-dealkylation sites (tertiary alicyclic amines) is 1. The summed E-state index contributed by atoms with van der Waals surface area (Å²) in [5, 5.41) is 17.8. The number of hydrogen-bond donors (Lipinski definition) is 0. The van der Waals surface area contributed by atoms with Gasteiger partial charge in [0.1, 0.15) is 18.1 Å². The second kappa shape index (κ2) is 14.4. The van der Waals surface area contributed by atoms with Gasteiger partial charge in [0.05, 0.1) is 4.92 Å². The third-order valence-electron chi connectivity index (χ3n) is 5.47. The molecule has 0 radical (unpaired) electrons. The molecule has 1 aliphatic rings. The predicted octanol–water partition coefficient (Wildman–Crippen LogP) is 4.85. The van der Waals surface area contributed by atoms with Gasteiger partial charge in [-0.1, -0.05) is 34.7 Å². The smallest absolute Gasteiger partial charge is 0.269 e. The van der Waals surface area contributed by atoms with Crippen molar-refractivity contribution >= 4 is 28.5 Å². The molecule has 4 aromatic rings. The molecule has 1 aromatic heterocycles. The van der Waals surface area contributed by atoms with E-state index in [9.17, 15) is 41.7 Å². The fourth-order valence-corrected chi connectivity index (χ4v) is 3.05. The predicted molar refractivity (Wildman–Crippen MR) is 136 cm³/mol. The van der Waals surface area contributed by atoms with Crippen LogP contribution in [0.5, 0.6) is 0 Å². The number of aryl methyl sites for hydroxylation is 1. The number of carbonyl (C=O) groups is 2. The van der Waals surface area contributed by atoms with Gasteiger partial charge in [-0.25, -0.2) is 22.0 Å². The molecule has 2 heterocycles. The Kier molecular flexibility index (Phi) is 11.4. The first-order valence-corrected chi connectivity index (χ1v) is 11.6. The average molecular weight is 581 g/mol. The molecule has 1 fully saturated rings. The number of non-ortho nitro benzene ring substituents is 1. The zero-order valence-electron chi connectivity index (χ0n) is 22.2. The summed E-state index contributed by atoms with van der Waals surface area (Å²) in [5.74, 6) is -9.64. The minimum atomic E-state index is -2.13. The van der Waals surface area contributed by atoms with Gasteiger partial charge in [0.2, 0.25) is 17.6 Å². The molecule has 1 saturated heterocycles. The number of fused-ring (bicyclic) bond motifs is 1. The van der Waals surface area contributed by atoms with Crippen molar-refractivity contribution in [3.05, 3.63) is 98.9 Å². The van der Waals surface area contributed by atoms with Crippen molar-refractivity contribution in [3.8, 4) is 0 Å². The number of amides is 2. The maximum absolute atomic E-state index is 12.4. The van der Waals surface area contributed by atoms with Gasteiger partial charge >= 0.3 is 0 Å². The zero-order chi connectivity index (χ0) is 30.9. The Balaban J connectivity index is 0.000000193. The van der Waals surface area contributed by atoms with E-state index in [1.807, 2.05) is 31.2 Å². The van der Waals surface area contributed by atoms with Crippen LogP contribution in [0, 0.1) is 53.0 Å². The molecule has 218 valence electrons. The first-order chi connectivity index (χ1) is 19.3. The van der Waals surface area contributed by atoms with Crippen molar-refractivity contribution in [1.29, 1.82) is 0 Å². The van der Waals surface area contributed by atoms with E-state index in [0.29, 0.717) is 12.8 Å². The molecule has 0 N–H and O–H groups in total. The molecule has 0 atom stereocenters. The molecule has 0 unspecified atom stereocenters. The standard InChI is InChI=1S/C7H3F5.C7H7N3O.C7H7NO2.C5H7NO2/c1-2-3(8)5(10)7(12)6(11)4(2)9;1-11-10-7-5-3-2-4-6(7)8-9-10;1-6-2-4-7(5-3-6)8(9)10;1-6-4(7)2-3-5(6)8/h1H3;2-5H,1H3;2-5H,1H3;2-3H2,1H3. The van der Waals surface area contributed by atoms with Crippen molar-refractivity contribution in [2.45, 2.75) is 26.7 Å². The fourth-order valence-electron chi connectivity index (χ4n) is 3.05. The van der Waals surface area contributed by atoms with E-state index in [1.165, 1.54) is 28.9 Å². The highest BCUT2D eigenvalue weighted by molar-refractivity contribution is 6.01. The number of benzene rings is 3. The number of para-hydroxylation sites is 1. The molecule has 3 aromatic carbocycles. The summed E-state index contributed by atoms with van der Waals surface area (Å²) in [6.45, 7) is 2.71. The van der Waals surface area contributed by atoms with Gasteiger partial charge in [-0.15, -0.1) is 5.10 Å². The summed E-state index contributed by atoms with van der Waals surface area (Å²) < 4.78 is 61.6. The number of nitro groups is 1. The highest BCUT2D eigenvalue weighted by Gasteiger charge is 2.24. The Morgan fingerprint density at radius 3 is 1.76 bits per heavy atom. The summed E-state index contributed by atoms with van der Waals surface area (Å²) >= 11 is 0. The third kappa shape index (κ3) is 8.27. The Morgan fingerprint density at radius 2 is 1.32 bits per heavy atom. The molecule has 15 heteroatoms. The van der Waals surface area contributed by atoms with E-state index >= 15 is 0 Å². The van der Waals surface area contributed by atoms with E-state index < -0.39 is 39.6 Å². The zero-order valence-corrected chi connectivity index (χ0v) is 22.2. The van der Waals surface area contributed by atoms with Crippen LogP contribution >= 0.6 is 0 Å². The van der Waals surface area contributed by atoms with Gasteiger partial charge in [0.25, 0.3) is 5.69 Å². The van der Waals surface area contributed by atoms with E-state index in [1.54, 1.807) is 19.2 Å². The number of hydrogen-bond acceptors (Lipinski definition) is 7. The van der Waals surface area contributed by atoms with E-state index in [4.69, 9.17) is 4.84 Å². The minimum Gasteiger partial charge on any atom is -0.398 e. The van der Waals surface area contributed by atoms with Crippen LogP contribution in [-0.2, 0) is 9.59 Å². The van der Waals surface area contributed by atoms with Crippen molar-refractivity contribution in [2.75, 3.05) is 14.2 Å². The fraction of sp³-hybridized carbons (Fsp3) is 0.231. The monoisotopic (exact) mass is 581 g/mol. The van der Waals surface area contributed by atoms with Crippen molar-refractivity contribution in [1.82, 2.24) is 20.1 Å². The van der Waals surface area contributed by atoms with Crippen molar-refractivity contribution in [3.63, 3.8) is 0 Å². The summed E-state index contributed by atoms with van der Waals surface area (Å²) in [7, 11) is 3.07. The Morgan fingerprint density at radius 1 is 0.829 bits per heavy atom. The maximum Gasteiger partial charge on any atom is 0.269 e. The van der Waals surface area contributed by atoms with Crippen LogP contribution in [0.4, 0.5) is 27.6 Å². The average Bonchev–Trinajstić information content (AvgIpc) is 3.53. The lowest BCUT2D eigenvalue weighted by Crippen LogP contribution is -2.23. The second-order valence-corrected chi connectivity index (χ2v) is 8.27. The van der Waals surface area contributed by atoms with E-state index in [-0.39, 0.29) is 17.5 Å². The number of nitrogens with zero attached hydrogens (tertiary/aromatic N) is 5. The van der Waals surface area contributed by atoms with Gasteiger partial charge < -0.3 is 4.84 Å². The van der Waals surface area contributed by atoms with E-state index in [2.05, 4.69) is 10.3 Å². The number of carbonyl (C=O) groups excluding carboxylic acids is 2. The molecule has 2 amide bonds. The first kappa shape index (κ1) is 32.3. The van der Waals surface area contributed by atoms with Crippen LogP contribution in [0.15, 0.2) is 48.5 Å². The van der Waals surface area contributed by atoms with Crippen LogP contribution < -0.4 is 4.84 Å². The molecule has 0 spiro atoms. The second-order valence-electron chi connectivity index (χ2n) is 8.27. The molecule has 0 bridgehead atoms. The van der Waals surface area contributed by atoms with E-state index in [0.717, 1.165) is 23.5 Å². The van der Waals surface area contributed by atoms with Gasteiger partial charge in [0.15, 0.2) is 23.3 Å². The Labute approximate surface area is 230 Å². The maximum atomic E-state index is 12.4. The molecule has 0 aliphatic carbocycles. The molecule has 0 saturated carbocycles. The van der Waals surface area contributed by atoms with Crippen molar-refractivity contribution < 1.29 is 41.3 Å². The largest absolute Gasteiger partial charge is 0.398 e. The number of imide groups is 1. The van der Waals surface area contributed by atoms with Crippen LogP contribution in [-0.4, -0.2) is 51.0 Å². The van der Waals surface area contributed by atoms with Crippen LogP contribution in [0.2, 0.25) is 0 Å². The van der Waals surface area contributed by atoms with Gasteiger partial charge in [-0.3, -0.25) is 24.6 Å². The molecular formula is C26H24F5N5O5. The normalized spacial score (nSPS) is 12.1. The summed E-state index contributed by atoms with van der Waals surface area (Å²) in [5.41, 5.74) is 2.03. The number of rotatable bonds is 2. The lowest BCUT2D eigenvalue weighted by atomic mass is 10.2. The third-order valence-corrected chi connectivity index (χ3v) is 5.47. The molecular weight excluding hydrogens is 557 g/mol. The summed E-state index contributed by atoms with van der Waals surface area (Å²) in [6, 6.07) is 14.1. The Bertz CT molecular complexity index is 1420. The lowest BCUT2D eigenvalue weighted by molar-refractivity contribution is -0.384. The van der Waals surface area contributed by atoms with Crippen molar-refractivity contribution in [2.24, 2.45) is 0 Å². The molecule has 5 rings (SSSR count). The molecule has 1 aliphatic heterocycles. The van der Waals surface area contributed by atoms with Crippen LogP contribution in [0.3, 0.4) is 0 Å². The summed E-state index contributed by atoms with van der Waals surface area (Å²) in [4.78, 5) is 38.2. The van der Waals surface area contributed by atoms with Gasteiger partial charge in [-0.2, -0.15) is 0 Å².